The standard InChI is InChI=1S/C10H12N6O2/c1-7-10(12-3-2-11-7)13-4-8-5-16(15-14-8)6-9(17)18/h2-3,5H,4,6H2,1H3,(H,12,13)(H,17,18). The number of aryl methyl sites for hydroxylation is 1. The summed E-state index contributed by atoms with van der Waals surface area (Å²) in [5.41, 5.74) is 1.43. The molecule has 0 aliphatic rings. The summed E-state index contributed by atoms with van der Waals surface area (Å²) in [6.45, 7) is 2.06. The van der Waals surface area contributed by atoms with Gasteiger partial charge in [0, 0.05) is 12.4 Å². The molecule has 0 spiro atoms. The number of hydrogen-bond donors (Lipinski definition) is 2. The zero-order valence-corrected chi connectivity index (χ0v) is 9.74. The third-order valence-electron chi connectivity index (χ3n) is 2.20. The molecule has 0 unspecified atom stereocenters. The van der Waals surface area contributed by atoms with Crippen molar-refractivity contribution < 1.29 is 9.90 Å². The molecule has 8 nitrogen and oxygen atoms in total. The molecule has 0 saturated carbocycles. The maximum Gasteiger partial charge on any atom is 0.325 e. The highest BCUT2D eigenvalue weighted by atomic mass is 16.4. The van der Waals surface area contributed by atoms with Crippen molar-refractivity contribution in [1.82, 2.24) is 25.0 Å². The third-order valence-corrected chi connectivity index (χ3v) is 2.20. The van der Waals surface area contributed by atoms with Crippen LogP contribution in [0.3, 0.4) is 0 Å². The van der Waals surface area contributed by atoms with Crippen LogP contribution in [0.4, 0.5) is 5.82 Å². The largest absolute Gasteiger partial charge is 0.480 e. The Labute approximate surface area is 103 Å². The van der Waals surface area contributed by atoms with E-state index in [0.717, 1.165) is 5.69 Å². The first kappa shape index (κ1) is 12.0. The van der Waals surface area contributed by atoms with Gasteiger partial charge in [0.1, 0.15) is 18.1 Å². The van der Waals surface area contributed by atoms with E-state index in [4.69, 9.17) is 5.11 Å². The van der Waals surface area contributed by atoms with E-state index in [9.17, 15) is 4.79 Å². The highest BCUT2D eigenvalue weighted by molar-refractivity contribution is 5.66. The van der Waals surface area contributed by atoms with Crippen molar-refractivity contribution in [3.05, 3.63) is 30.0 Å². The minimum atomic E-state index is -0.954. The van der Waals surface area contributed by atoms with Gasteiger partial charge in [-0.2, -0.15) is 0 Å². The van der Waals surface area contributed by atoms with Gasteiger partial charge in [0.25, 0.3) is 0 Å². The average Bonchev–Trinajstić information content (AvgIpc) is 2.75. The number of carboxylic acids is 1. The lowest BCUT2D eigenvalue weighted by atomic mass is 10.4. The van der Waals surface area contributed by atoms with E-state index in [1.54, 1.807) is 18.6 Å². The van der Waals surface area contributed by atoms with Crippen molar-refractivity contribution in [3.63, 3.8) is 0 Å². The lowest BCUT2D eigenvalue weighted by Crippen LogP contribution is -2.09. The predicted octanol–water partition coefficient (Wildman–Crippen LogP) is 0.0732. The van der Waals surface area contributed by atoms with Gasteiger partial charge in [0.15, 0.2) is 0 Å². The third kappa shape index (κ3) is 3.00. The van der Waals surface area contributed by atoms with Crippen LogP contribution in [0.25, 0.3) is 0 Å². The van der Waals surface area contributed by atoms with Crippen molar-refractivity contribution in [3.8, 4) is 0 Å². The summed E-state index contributed by atoms with van der Waals surface area (Å²) in [7, 11) is 0. The van der Waals surface area contributed by atoms with Gasteiger partial charge in [0.05, 0.1) is 18.4 Å². The Morgan fingerprint density at radius 1 is 1.44 bits per heavy atom. The SMILES string of the molecule is Cc1nccnc1NCc1cn(CC(=O)O)nn1. The van der Waals surface area contributed by atoms with Crippen LogP contribution in [0, 0.1) is 6.92 Å². The first-order valence-electron chi connectivity index (χ1n) is 5.27. The smallest absolute Gasteiger partial charge is 0.325 e. The molecule has 0 radical (unpaired) electrons. The Morgan fingerprint density at radius 3 is 2.94 bits per heavy atom. The number of anilines is 1. The van der Waals surface area contributed by atoms with Gasteiger partial charge in [-0.25, -0.2) is 9.67 Å². The molecule has 18 heavy (non-hydrogen) atoms. The van der Waals surface area contributed by atoms with E-state index in [2.05, 4.69) is 25.6 Å². The Hall–Kier alpha value is -2.51. The molecule has 0 amide bonds. The minimum absolute atomic E-state index is 0.197. The lowest BCUT2D eigenvalue weighted by molar-refractivity contribution is -0.137. The van der Waals surface area contributed by atoms with E-state index < -0.39 is 5.97 Å². The molecule has 2 aromatic heterocycles. The Morgan fingerprint density at radius 2 is 2.22 bits per heavy atom. The molecule has 0 fully saturated rings. The molecule has 0 aromatic carbocycles. The fraction of sp³-hybridized carbons (Fsp3) is 0.300. The van der Waals surface area contributed by atoms with E-state index in [-0.39, 0.29) is 6.54 Å². The number of hydrogen-bond acceptors (Lipinski definition) is 6. The van der Waals surface area contributed by atoms with Crippen LogP contribution in [0.1, 0.15) is 11.4 Å². The molecular weight excluding hydrogens is 236 g/mol. The zero-order chi connectivity index (χ0) is 13.0. The number of nitrogens with zero attached hydrogens (tertiary/aromatic N) is 5. The van der Waals surface area contributed by atoms with Crippen LogP contribution in [0.15, 0.2) is 18.6 Å². The van der Waals surface area contributed by atoms with Crippen molar-refractivity contribution in [2.45, 2.75) is 20.0 Å². The summed E-state index contributed by atoms with van der Waals surface area (Å²) in [5, 5.41) is 19.2. The fourth-order valence-corrected chi connectivity index (χ4v) is 1.39. The molecular formula is C10H12N6O2. The summed E-state index contributed by atoms with van der Waals surface area (Å²) >= 11 is 0. The van der Waals surface area contributed by atoms with Gasteiger partial charge in [-0.3, -0.25) is 9.78 Å². The van der Waals surface area contributed by atoms with E-state index >= 15 is 0 Å². The van der Waals surface area contributed by atoms with Gasteiger partial charge >= 0.3 is 5.97 Å². The Kier molecular flexibility index (Phi) is 3.46. The van der Waals surface area contributed by atoms with Crippen LogP contribution < -0.4 is 5.32 Å². The summed E-state index contributed by atoms with van der Waals surface area (Å²) in [5.74, 6) is -0.283. The molecule has 0 aliphatic heterocycles. The maximum absolute atomic E-state index is 10.5. The minimum Gasteiger partial charge on any atom is -0.480 e. The highest BCUT2D eigenvalue weighted by Gasteiger charge is 2.05. The second-order valence-corrected chi connectivity index (χ2v) is 3.65. The van der Waals surface area contributed by atoms with Crippen molar-refractivity contribution in [1.29, 1.82) is 0 Å². The van der Waals surface area contributed by atoms with Crippen LogP contribution in [0.5, 0.6) is 0 Å². The normalized spacial score (nSPS) is 10.3. The predicted molar refractivity (Wildman–Crippen MR) is 61.8 cm³/mol. The quantitative estimate of drug-likeness (QED) is 0.771. The molecule has 0 bridgehead atoms. The highest BCUT2D eigenvalue weighted by Crippen LogP contribution is 2.07. The lowest BCUT2D eigenvalue weighted by Gasteiger charge is -2.04. The maximum atomic E-state index is 10.5. The molecule has 2 aromatic rings. The van der Waals surface area contributed by atoms with Gasteiger partial charge in [0.2, 0.25) is 0 Å². The van der Waals surface area contributed by atoms with Gasteiger partial charge in [-0.1, -0.05) is 5.21 Å². The number of carboxylic acid groups (broad SMARTS) is 1. The van der Waals surface area contributed by atoms with Crippen molar-refractivity contribution in [2.24, 2.45) is 0 Å². The van der Waals surface area contributed by atoms with E-state index in [1.807, 2.05) is 6.92 Å². The van der Waals surface area contributed by atoms with Crippen LogP contribution in [0.2, 0.25) is 0 Å². The zero-order valence-electron chi connectivity index (χ0n) is 9.74. The number of carbonyl (C=O) groups is 1. The summed E-state index contributed by atoms with van der Waals surface area (Å²) in [6, 6.07) is 0. The molecule has 2 N–H and O–H groups in total. The van der Waals surface area contributed by atoms with E-state index in [0.29, 0.717) is 18.1 Å². The second-order valence-electron chi connectivity index (χ2n) is 3.65. The number of rotatable bonds is 5. The second kappa shape index (κ2) is 5.21. The topological polar surface area (TPSA) is 106 Å². The van der Waals surface area contributed by atoms with E-state index in [1.165, 1.54) is 4.68 Å². The number of aliphatic carboxylic acids is 1. The molecule has 2 rings (SSSR count). The van der Waals surface area contributed by atoms with Gasteiger partial charge < -0.3 is 10.4 Å². The average molecular weight is 248 g/mol. The molecule has 0 atom stereocenters. The first-order chi connectivity index (χ1) is 8.65. The summed E-state index contributed by atoms with van der Waals surface area (Å²) in [4.78, 5) is 18.7. The van der Waals surface area contributed by atoms with Crippen LogP contribution >= 0.6 is 0 Å². The Balaban J connectivity index is 1.96. The van der Waals surface area contributed by atoms with Crippen LogP contribution in [-0.2, 0) is 17.9 Å². The fourth-order valence-electron chi connectivity index (χ4n) is 1.39. The van der Waals surface area contributed by atoms with Gasteiger partial charge in [-0.15, -0.1) is 5.10 Å². The van der Waals surface area contributed by atoms with Crippen LogP contribution in [-0.4, -0.2) is 36.0 Å². The molecule has 0 aliphatic carbocycles. The monoisotopic (exact) mass is 248 g/mol. The molecule has 8 heteroatoms. The van der Waals surface area contributed by atoms with Crippen molar-refractivity contribution >= 4 is 11.8 Å². The molecule has 94 valence electrons. The number of nitrogens with one attached hydrogen (secondary N) is 1. The summed E-state index contributed by atoms with van der Waals surface area (Å²) < 4.78 is 1.27. The Bertz CT molecular complexity index is 553. The first-order valence-corrected chi connectivity index (χ1v) is 5.27. The van der Waals surface area contributed by atoms with Crippen molar-refractivity contribution in [2.75, 3.05) is 5.32 Å². The summed E-state index contributed by atoms with van der Waals surface area (Å²) in [6.07, 6.45) is 4.78. The van der Waals surface area contributed by atoms with Gasteiger partial charge in [-0.05, 0) is 6.92 Å². The number of aromatic nitrogens is 5. The molecule has 2 heterocycles. The molecule has 0 saturated heterocycles.